The average molecular weight is 779 g/mol. The van der Waals surface area contributed by atoms with E-state index >= 15 is 0 Å². The first-order valence-corrected chi connectivity index (χ1v) is 22.6. The van der Waals surface area contributed by atoms with Gasteiger partial charge in [-0.2, -0.15) is 0 Å². The van der Waals surface area contributed by atoms with Gasteiger partial charge in [-0.05, 0) is 89.9 Å². The van der Waals surface area contributed by atoms with Crippen molar-refractivity contribution < 1.29 is 28.6 Å². The van der Waals surface area contributed by atoms with Crippen molar-refractivity contribution in [3.8, 4) is 0 Å². The summed E-state index contributed by atoms with van der Waals surface area (Å²) in [4.78, 5) is 37.7. The van der Waals surface area contributed by atoms with Gasteiger partial charge in [0.2, 0.25) is 0 Å². The first kappa shape index (κ1) is 52.6. The van der Waals surface area contributed by atoms with Crippen molar-refractivity contribution in [2.24, 2.45) is 0 Å². The predicted molar refractivity (Wildman–Crippen MR) is 237 cm³/mol. The lowest BCUT2D eigenvalue weighted by molar-refractivity contribution is -0.167. The lowest BCUT2D eigenvalue weighted by Crippen LogP contribution is -2.30. The van der Waals surface area contributed by atoms with Crippen LogP contribution in [0.15, 0.2) is 85.1 Å². The molecule has 6 heteroatoms. The molecule has 318 valence electrons. The molecule has 56 heavy (non-hydrogen) atoms. The number of ether oxygens (including phenoxy) is 3. The Bertz CT molecular complexity index is 1120. The van der Waals surface area contributed by atoms with E-state index in [1.165, 1.54) is 57.8 Å². The lowest BCUT2D eigenvalue weighted by Gasteiger charge is -2.18. The Hall–Kier alpha value is -3.41. The minimum atomic E-state index is -0.804. The number of hydrogen-bond donors (Lipinski definition) is 0. The van der Waals surface area contributed by atoms with Gasteiger partial charge in [0.1, 0.15) is 13.2 Å². The number of esters is 3. The summed E-state index contributed by atoms with van der Waals surface area (Å²) in [5.74, 6) is -0.989. The van der Waals surface area contributed by atoms with E-state index in [9.17, 15) is 14.4 Å². The molecule has 0 N–H and O–H groups in total. The molecule has 0 aromatic carbocycles. The third-order valence-electron chi connectivity index (χ3n) is 9.18. The number of unbranched alkanes of at least 4 members (excludes halogenated alkanes) is 16. The SMILES string of the molecule is CC\C=C/C=C\C=C/CCCCCCCCCC(=O)OCC(COC(=O)CCC/C=C\C/C=C\C/C=C\CC)OC(=O)CCCCCCC/C=C\CCCCC. The van der Waals surface area contributed by atoms with Crippen LogP contribution in [0.1, 0.15) is 194 Å². The van der Waals surface area contributed by atoms with Crippen LogP contribution in [0.5, 0.6) is 0 Å². The Morgan fingerprint density at radius 2 is 0.804 bits per heavy atom. The average Bonchev–Trinajstić information content (AvgIpc) is 3.19. The molecule has 0 aromatic rings. The Kier molecular flexibility index (Phi) is 41.6. The summed E-state index contributed by atoms with van der Waals surface area (Å²) >= 11 is 0. The summed E-state index contributed by atoms with van der Waals surface area (Å²) in [6.07, 6.45) is 55.7. The molecule has 0 saturated heterocycles. The smallest absolute Gasteiger partial charge is 0.306 e. The van der Waals surface area contributed by atoms with Crippen LogP contribution in [-0.4, -0.2) is 37.2 Å². The molecular weight excluding hydrogens is 697 g/mol. The molecule has 0 radical (unpaired) electrons. The Morgan fingerprint density at radius 3 is 1.38 bits per heavy atom. The molecule has 0 bridgehead atoms. The molecule has 0 aliphatic rings. The highest BCUT2D eigenvalue weighted by Gasteiger charge is 2.19. The molecule has 0 aliphatic carbocycles. The number of allylic oxidation sites excluding steroid dienone is 14. The molecule has 1 unspecified atom stereocenters. The first-order valence-electron chi connectivity index (χ1n) is 22.6. The van der Waals surface area contributed by atoms with Crippen molar-refractivity contribution in [1.29, 1.82) is 0 Å². The van der Waals surface area contributed by atoms with E-state index in [-0.39, 0.29) is 37.5 Å². The van der Waals surface area contributed by atoms with Crippen LogP contribution in [0.2, 0.25) is 0 Å². The molecule has 6 nitrogen and oxygen atoms in total. The number of hydrogen-bond acceptors (Lipinski definition) is 6. The minimum Gasteiger partial charge on any atom is -0.462 e. The van der Waals surface area contributed by atoms with Crippen molar-refractivity contribution in [1.82, 2.24) is 0 Å². The summed E-state index contributed by atoms with van der Waals surface area (Å²) in [6, 6.07) is 0. The predicted octanol–water partition coefficient (Wildman–Crippen LogP) is 14.5. The highest BCUT2D eigenvalue weighted by Crippen LogP contribution is 2.13. The second-order valence-corrected chi connectivity index (χ2v) is 14.6. The van der Waals surface area contributed by atoms with E-state index < -0.39 is 6.10 Å². The van der Waals surface area contributed by atoms with E-state index in [0.717, 1.165) is 89.9 Å². The summed E-state index contributed by atoms with van der Waals surface area (Å²) in [5.41, 5.74) is 0. The van der Waals surface area contributed by atoms with Crippen molar-refractivity contribution in [2.45, 2.75) is 200 Å². The van der Waals surface area contributed by atoms with Crippen LogP contribution in [0.25, 0.3) is 0 Å². The normalized spacial score (nSPS) is 12.8. The van der Waals surface area contributed by atoms with Gasteiger partial charge in [0.05, 0.1) is 0 Å². The van der Waals surface area contributed by atoms with Crippen LogP contribution in [-0.2, 0) is 28.6 Å². The molecule has 1 atom stereocenters. The molecule has 0 amide bonds. The molecule has 0 saturated carbocycles. The van der Waals surface area contributed by atoms with E-state index in [1.807, 2.05) is 0 Å². The Morgan fingerprint density at radius 1 is 0.393 bits per heavy atom. The zero-order valence-corrected chi connectivity index (χ0v) is 36.1. The van der Waals surface area contributed by atoms with Gasteiger partial charge in [0.25, 0.3) is 0 Å². The maximum absolute atomic E-state index is 12.7. The molecule has 0 aliphatic heterocycles. The van der Waals surface area contributed by atoms with Crippen molar-refractivity contribution in [3.63, 3.8) is 0 Å². The summed E-state index contributed by atoms with van der Waals surface area (Å²) in [5, 5.41) is 0. The van der Waals surface area contributed by atoms with Gasteiger partial charge in [-0.1, -0.05) is 170 Å². The van der Waals surface area contributed by atoms with Crippen LogP contribution < -0.4 is 0 Å². The number of carbonyl (C=O) groups excluding carboxylic acids is 3. The second kappa shape index (κ2) is 44.3. The second-order valence-electron chi connectivity index (χ2n) is 14.6. The van der Waals surface area contributed by atoms with E-state index in [1.54, 1.807) is 0 Å². The highest BCUT2D eigenvalue weighted by atomic mass is 16.6. The topological polar surface area (TPSA) is 78.9 Å². The first-order chi connectivity index (χ1) is 27.5. The van der Waals surface area contributed by atoms with Crippen molar-refractivity contribution in [3.05, 3.63) is 85.1 Å². The Labute approximate surface area is 344 Å². The molecule has 0 aromatic heterocycles. The maximum atomic E-state index is 12.7. The molecule has 0 heterocycles. The highest BCUT2D eigenvalue weighted by molar-refractivity contribution is 5.71. The number of rotatable bonds is 39. The monoisotopic (exact) mass is 779 g/mol. The Balaban J connectivity index is 4.47. The van der Waals surface area contributed by atoms with E-state index in [2.05, 4.69) is 106 Å². The van der Waals surface area contributed by atoms with Crippen LogP contribution in [0.3, 0.4) is 0 Å². The van der Waals surface area contributed by atoms with Crippen molar-refractivity contribution in [2.75, 3.05) is 13.2 Å². The zero-order valence-electron chi connectivity index (χ0n) is 36.1. The van der Waals surface area contributed by atoms with Gasteiger partial charge < -0.3 is 14.2 Å². The summed E-state index contributed by atoms with van der Waals surface area (Å²) in [6.45, 7) is 6.27. The van der Waals surface area contributed by atoms with Crippen LogP contribution >= 0.6 is 0 Å². The number of carbonyl (C=O) groups is 3. The summed E-state index contributed by atoms with van der Waals surface area (Å²) < 4.78 is 16.6. The molecule has 0 spiro atoms. The van der Waals surface area contributed by atoms with Crippen LogP contribution in [0, 0.1) is 0 Å². The molecular formula is C50H82O6. The van der Waals surface area contributed by atoms with Gasteiger partial charge in [-0.3, -0.25) is 14.4 Å². The fourth-order valence-electron chi connectivity index (χ4n) is 5.81. The van der Waals surface area contributed by atoms with E-state index in [4.69, 9.17) is 14.2 Å². The zero-order chi connectivity index (χ0) is 40.8. The molecule has 0 fully saturated rings. The largest absolute Gasteiger partial charge is 0.462 e. The summed E-state index contributed by atoms with van der Waals surface area (Å²) in [7, 11) is 0. The molecule has 0 rings (SSSR count). The fourth-order valence-corrected chi connectivity index (χ4v) is 5.81. The van der Waals surface area contributed by atoms with Crippen molar-refractivity contribution >= 4 is 17.9 Å². The fraction of sp³-hybridized carbons (Fsp3) is 0.660. The van der Waals surface area contributed by atoms with Gasteiger partial charge in [-0.25, -0.2) is 0 Å². The standard InChI is InChI=1S/C50H82O6/c1-4-7-10-13-16-19-22-24-25-26-29-31-34-37-40-43-49(52)55-46-47(45-54-48(51)42-39-36-33-30-27-21-18-15-12-9-6-3)56-50(53)44-41-38-35-32-28-23-20-17-14-11-8-5-2/h7,9-10,12-13,16-22,30,33,47H,4-6,8,11,14-15,23-29,31-32,34-46H2,1-3H3/b10-7-,12-9-,16-13-,20-17-,21-18-,22-19-,33-30-. The maximum Gasteiger partial charge on any atom is 0.306 e. The lowest BCUT2D eigenvalue weighted by atomic mass is 10.1. The van der Waals surface area contributed by atoms with Gasteiger partial charge in [-0.15, -0.1) is 0 Å². The van der Waals surface area contributed by atoms with Gasteiger partial charge in [0, 0.05) is 19.3 Å². The van der Waals surface area contributed by atoms with Crippen LogP contribution in [0.4, 0.5) is 0 Å². The quantitative estimate of drug-likeness (QED) is 0.0203. The van der Waals surface area contributed by atoms with Gasteiger partial charge in [0.15, 0.2) is 6.10 Å². The minimum absolute atomic E-state index is 0.103. The van der Waals surface area contributed by atoms with Gasteiger partial charge >= 0.3 is 17.9 Å². The third-order valence-corrected chi connectivity index (χ3v) is 9.18. The third kappa shape index (κ3) is 41.7. The van der Waals surface area contributed by atoms with E-state index in [0.29, 0.717) is 19.3 Å².